The molecule has 0 saturated carbocycles. The maximum Gasteiger partial charge on any atom is 0.172 e. The highest BCUT2D eigenvalue weighted by Crippen LogP contribution is 2.69. The second kappa shape index (κ2) is 9.59. The van der Waals surface area contributed by atoms with Gasteiger partial charge in [0, 0.05) is 18.3 Å². The summed E-state index contributed by atoms with van der Waals surface area (Å²) in [5, 5.41) is 0.424. The van der Waals surface area contributed by atoms with Crippen molar-refractivity contribution >= 4 is 17.2 Å². The number of benzene rings is 2. The maximum absolute atomic E-state index is 7.04. The quantitative estimate of drug-likeness (QED) is 0.311. The van der Waals surface area contributed by atoms with Crippen LogP contribution in [0.4, 0.5) is 0 Å². The highest BCUT2D eigenvalue weighted by atomic mass is 31.1. The van der Waals surface area contributed by atoms with Crippen molar-refractivity contribution in [3.8, 4) is 0 Å². The summed E-state index contributed by atoms with van der Waals surface area (Å²) in [6.45, 7) is 28.2. The van der Waals surface area contributed by atoms with Gasteiger partial charge in [-0.15, -0.1) is 9.24 Å². The summed E-state index contributed by atoms with van der Waals surface area (Å²) in [6, 6.07) is 18.3. The van der Waals surface area contributed by atoms with E-state index >= 15 is 0 Å². The zero-order valence-electron chi connectivity index (χ0n) is 27.7. The predicted molar refractivity (Wildman–Crippen MR) is 178 cm³/mol. The molecule has 5 atom stereocenters. The van der Waals surface area contributed by atoms with Gasteiger partial charge in [-0.3, -0.25) is 0 Å². The summed E-state index contributed by atoms with van der Waals surface area (Å²) >= 11 is 0. The minimum Gasteiger partial charge on any atom is -0.343 e. The molecule has 4 aliphatic rings. The molecule has 0 spiro atoms. The van der Waals surface area contributed by atoms with Gasteiger partial charge in [-0.2, -0.15) is 0 Å². The van der Waals surface area contributed by atoms with Crippen molar-refractivity contribution < 1.29 is 14.2 Å². The topological polar surface area (TPSA) is 27.7 Å². The highest BCUT2D eigenvalue weighted by molar-refractivity contribution is 7.60. The minimum atomic E-state index is -0.642. The van der Waals surface area contributed by atoms with E-state index in [0.717, 1.165) is 12.3 Å². The van der Waals surface area contributed by atoms with Crippen molar-refractivity contribution in [3.63, 3.8) is 0 Å². The zero-order chi connectivity index (χ0) is 30.5. The van der Waals surface area contributed by atoms with E-state index in [2.05, 4.69) is 141 Å². The lowest BCUT2D eigenvalue weighted by molar-refractivity contribution is -0.531. The lowest BCUT2D eigenvalue weighted by atomic mass is 9.51. The first-order chi connectivity index (χ1) is 18.6. The first kappa shape index (κ1) is 31.6. The fourth-order valence-electron chi connectivity index (χ4n) is 9.24. The van der Waals surface area contributed by atoms with E-state index in [1.54, 1.807) is 0 Å². The van der Waals surface area contributed by atoms with Crippen LogP contribution in [0.2, 0.25) is 0 Å². The van der Waals surface area contributed by atoms with Gasteiger partial charge in [-0.05, 0) is 72.6 Å². The first-order valence-electron chi connectivity index (χ1n) is 15.4. The molecule has 4 saturated heterocycles. The molecule has 5 heteroatoms. The van der Waals surface area contributed by atoms with Crippen LogP contribution in [0.1, 0.15) is 118 Å². The van der Waals surface area contributed by atoms with Crippen molar-refractivity contribution in [3.05, 3.63) is 70.8 Å². The summed E-state index contributed by atoms with van der Waals surface area (Å²) in [5.41, 5.74) is 4.25. The van der Waals surface area contributed by atoms with Gasteiger partial charge in [0.15, 0.2) is 11.6 Å². The van der Waals surface area contributed by atoms with Gasteiger partial charge in [-0.1, -0.05) is 112 Å². The Morgan fingerprint density at radius 2 is 1.22 bits per heavy atom. The normalized spacial score (nSPS) is 35.4. The van der Waals surface area contributed by atoms with Crippen molar-refractivity contribution in [2.75, 3.05) is 6.16 Å². The molecule has 0 aromatic heterocycles. The van der Waals surface area contributed by atoms with Gasteiger partial charge in [0.25, 0.3) is 0 Å². The number of hydrogen-bond donors (Lipinski definition) is 0. The standard InChI is InChI=1S/C36H54O3P2/c1-29(2,3)41(30(4,5)6)21-25-20-27(31(7,8)26-16-14-13-15-17-26)18-19-28(25)36(24-40)32(9)22-34(11)38-33(36,10)23-35(12,37-32)39-34/h13-20H,21-24,40H2,1-12H3. The van der Waals surface area contributed by atoms with Crippen LogP contribution >= 0.6 is 17.2 Å². The van der Waals surface area contributed by atoms with Gasteiger partial charge in [0.2, 0.25) is 0 Å². The third-order valence-corrected chi connectivity index (χ3v) is 15.0. The summed E-state index contributed by atoms with van der Waals surface area (Å²) in [6.07, 6.45) is 3.36. The van der Waals surface area contributed by atoms with E-state index in [-0.39, 0.29) is 29.1 Å². The van der Waals surface area contributed by atoms with Crippen LogP contribution in [0.5, 0.6) is 0 Å². The highest BCUT2D eigenvalue weighted by Gasteiger charge is 2.77. The number of ether oxygens (including phenoxy) is 3. The van der Waals surface area contributed by atoms with Crippen LogP contribution in [0.3, 0.4) is 0 Å². The molecule has 2 aromatic carbocycles. The molecule has 0 N–H and O–H groups in total. The van der Waals surface area contributed by atoms with Gasteiger partial charge < -0.3 is 14.2 Å². The predicted octanol–water partition coefficient (Wildman–Crippen LogP) is 9.52. The first-order valence-corrected chi connectivity index (χ1v) is 17.8. The van der Waals surface area contributed by atoms with Crippen LogP contribution in [0.15, 0.2) is 48.5 Å². The number of rotatable bonds is 6. The molecule has 3 nitrogen and oxygen atoms in total. The van der Waals surface area contributed by atoms with E-state index < -0.39 is 22.8 Å². The monoisotopic (exact) mass is 596 g/mol. The Labute approximate surface area is 253 Å². The SMILES string of the molecule is CC12CC3(C)OC(C)(CC(C)(O1)C3(CP)c1ccc(C(C)(C)c3ccccc3)cc1CP(C(C)(C)C)C(C)(C)C)O2. The van der Waals surface area contributed by atoms with Crippen LogP contribution in [0.25, 0.3) is 0 Å². The zero-order valence-corrected chi connectivity index (χ0v) is 29.7. The molecule has 0 aliphatic carbocycles. The maximum atomic E-state index is 7.04. The Morgan fingerprint density at radius 3 is 1.68 bits per heavy atom. The Morgan fingerprint density at radius 1 is 0.707 bits per heavy atom. The smallest absolute Gasteiger partial charge is 0.172 e. The molecule has 4 fully saturated rings. The van der Waals surface area contributed by atoms with Crippen LogP contribution in [-0.4, -0.2) is 39.3 Å². The molecular formula is C36H54O3P2. The van der Waals surface area contributed by atoms with Crippen molar-refractivity contribution in [1.29, 1.82) is 0 Å². The van der Waals surface area contributed by atoms with Crippen molar-refractivity contribution in [2.45, 2.75) is 146 Å². The van der Waals surface area contributed by atoms with Gasteiger partial charge in [0.1, 0.15) is 0 Å². The van der Waals surface area contributed by atoms with E-state index in [0.29, 0.717) is 12.8 Å². The molecule has 226 valence electrons. The third kappa shape index (κ3) is 4.90. The summed E-state index contributed by atoms with van der Waals surface area (Å²) in [4.78, 5) is 0. The van der Waals surface area contributed by atoms with Gasteiger partial charge in [-0.25, -0.2) is 0 Å². The molecule has 6 rings (SSSR count). The average molecular weight is 597 g/mol. The van der Waals surface area contributed by atoms with Crippen molar-refractivity contribution in [1.82, 2.24) is 0 Å². The Kier molecular flexibility index (Phi) is 7.39. The number of hydrogen-bond acceptors (Lipinski definition) is 3. The molecular weight excluding hydrogens is 542 g/mol. The molecule has 4 aliphatic heterocycles. The summed E-state index contributed by atoms with van der Waals surface area (Å²) in [7, 11) is 2.75. The Bertz CT molecular complexity index is 1240. The van der Waals surface area contributed by atoms with Crippen LogP contribution in [-0.2, 0) is 31.2 Å². The largest absolute Gasteiger partial charge is 0.343 e. The van der Waals surface area contributed by atoms with E-state index in [9.17, 15) is 0 Å². The summed E-state index contributed by atoms with van der Waals surface area (Å²) < 4.78 is 20.5. The second-order valence-corrected chi connectivity index (χ2v) is 20.6. The van der Waals surface area contributed by atoms with Crippen LogP contribution < -0.4 is 0 Å². The Balaban J connectivity index is 1.75. The molecule has 0 amide bonds. The Hall–Kier alpha value is -0.820. The summed E-state index contributed by atoms with van der Waals surface area (Å²) in [5.74, 6) is -1.28. The van der Waals surface area contributed by atoms with Crippen LogP contribution in [0, 0.1) is 0 Å². The molecule has 41 heavy (non-hydrogen) atoms. The molecule has 2 aromatic rings. The lowest BCUT2D eigenvalue weighted by Crippen LogP contribution is -2.84. The van der Waals surface area contributed by atoms with Crippen molar-refractivity contribution in [2.24, 2.45) is 0 Å². The van der Waals surface area contributed by atoms with E-state index in [1.807, 2.05) is 0 Å². The molecule has 0 radical (unpaired) electrons. The van der Waals surface area contributed by atoms with E-state index in [1.165, 1.54) is 22.3 Å². The van der Waals surface area contributed by atoms with Gasteiger partial charge in [0.05, 0.1) is 16.6 Å². The third-order valence-electron chi connectivity index (χ3n) is 10.5. The lowest BCUT2D eigenvalue weighted by Gasteiger charge is -2.74. The van der Waals surface area contributed by atoms with E-state index in [4.69, 9.17) is 14.2 Å². The fraction of sp³-hybridized carbons (Fsp3) is 0.667. The molecule has 5 unspecified atom stereocenters. The second-order valence-electron chi connectivity index (χ2n) is 16.3. The van der Waals surface area contributed by atoms with Gasteiger partial charge >= 0.3 is 0 Å². The molecule has 4 bridgehead atoms. The average Bonchev–Trinajstić information content (AvgIpc) is 2.79. The minimum absolute atomic E-state index is 0.117. The molecule has 4 heterocycles. The fourth-order valence-corrected chi connectivity index (χ4v) is 13.9.